The van der Waals surface area contributed by atoms with Crippen LogP contribution in [0.25, 0.3) is 0 Å². The molecule has 0 bridgehead atoms. The Morgan fingerprint density at radius 1 is 0.900 bits per heavy atom. The van der Waals surface area contributed by atoms with Gasteiger partial charge in [0.25, 0.3) is 0 Å². The Hall–Kier alpha value is -1.26. The van der Waals surface area contributed by atoms with E-state index in [1.807, 2.05) is 0 Å². The summed E-state index contributed by atoms with van der Waals surface area (Å²) in [6.45, 7) is 4.47. The average Bonchev–Trinajstić information content (AvgIpc) is 2.75. The van der Waals surface area contributed by atoms with Gasteiger partial charge in [0, 0.05) is 12.1 Å². The second-order valence-electron chi connectivity index (χ2n) is 6.78. The quantitative estimate of drug-likeness (QED) is 0.743. The summed E-state index contributed by atoms with van der Waals surface area (Å²) in [6, 6.07) is 0.132. The Balaban J connectivity index is 1.74. The van der Waals surface area contributed by atoms with Crippen LogP contribution in [0.5, 0.6) is 0 Å². The molecule has 114 valence electrons. The number of nitrogens with one attached hydrogen (secondary N) is 2. The summed E-state index contributed by atoms with van der Waals surface area (Å²) in [5.41, 5.74) is 0. The summed E-state index contributed by atoms with van der Waals surface area (Å²) in [5, 5.41) is 14.9. The van der Waals surface area contributed by atoms with E-state index in [-0.39, 0.29) is 24.0 Å². The molecule has 0 radical (unpaired) electrons. The third kappa shape index (κ3) is 4.12. The van der Waals surface area contributed by atoms with Gasteiger partial charge in [-0.2, -0.15) is 0 Å². The van der Waals surface area contributed by atoms with Gasteiger partial charge < -0.3 is 15.7 Å². The van der Waals surface area contributed by atoms with Crippen molar-refractivity contribution < 1.29 is 14.7 Å². The minimum Gasteiger partial charge on any atom is -0.481 e. The summed E-state index contributed by atoms with van der Waals surface area (Å²) in [7, 11) is 0. The van der Waals surface area contributed by atoms with Gasteiger partial charge in [-0.1, -0.05) is 13.8 Å². The molecule has 0 aliphatic heterocycles. The molecule has 2 saturated carbocycles. The van der Waals surface area contributed by atoms with Gasteiger partial charge in [-0.15, -0.1) is 0 Å². The Bertz CT molecular complexity index is 362. The van der Waals surface area contributed by atoms with Crippen LogP contribution in [0.1, 0.15) is 52.4 Å². The van der Waals surface area contributed by atoms with Crippen LogP contribution in [0.2, 0.25) is 0 Å². The van der Waals surface area contributed by atoms with Crippen molar-refractivity contribution in [3.8, 4) is 0 Å². The fourth-order valence-corrected chi connectivity index (χ4v) is 3.81. The molecule has 20 heavy (non-hydrogen) atoms. The molecule has 0 aromatic carbocycles. The minimum absolute atomic E-state index is 0.00883. The van der Waals surface area contributed by atoms with Gasteiger partial charge in [-0.25, -0.2) is 4.79 Å². The standard InChI is InChI=1S/C15H26N2O3/c1-9-5-10(2)7-13(6-9)17-15(20)16-12-4-3-11(8-12)14(18)19/h9-13H,3-8H2,1-2H3,(H,18,19)(H2,16,17,20)/t9?,10?,11-,12+,13?/m1/s1. The first kappa shape index (κ1) is 15.1. The molecule has 0 heterocycles. The number of amides is 2. The molecule has 0 saturated heterocycles. The van der Waals surface area contributed by atoms with Crippen molar-refractivity contribution in [1.29, 1.82) is 0 Å². The lowest BCUT2D eigenvalue weighted by molar-refractivity contribution is -0.141. The normalized spacial score (nSPS) is 37.4. The van der Waals surface area contributed by atoms with E-state index in [9.17, 15) is 9.59 Å². The summed E-state index contributed by atoms with van der Waals surface area (Å²) < 4.78 is 0. The topological polar surface area (TPSA) is 78.4 Å². The molecule has 2 amide bonds. The number of carboxylic acids is 1. The van der Waals surface area contributed by atoms with E-state index < -0.39 is 5.97 Å². The molecular formula is C15H26N2O3. The zero-order valence-electron chi connectivity index (χ0n) is 12.4. The van der Waals surface area contributed by atoms with Crippen LogP contribution in [0.4, 0.5) is 4.79 Å². The first-order valence-electron chi connectivity index (χ1n) is 7.74. The molecule has 2 unspecified atom stereocenters. The molecule has 2 aliphatic carbocycles. The predicted molar refractivity (Wildman–Crippen MR) is 76.4 cm³/mol. The Morgan fingerprint density at radius 2 is 1.50 bits per heavy atom. The fraction of sp³-hybridized carbons (Fsp3) is 0.867. The Morgan fingerprint density at radius 3 is 2.05 bits per heavy atom. The number of carbonyl (C=O) groups excluding carboxylic acids is 1. The molecule has 4 atom stereocenters. The van der Waals surface area contributed by atoms with E-state index in [1.54, 1.807) is 0 Å². The van der Waals surface area contributed by atoms with Crippen LogP contribution in [0.3, 0.4) is 0 Å². The predicted octanol–water partition coefficient (Wildman–Crippen LogP) is 2.36. The van der Waals surface area contributed by atoms with E-state index in [4.69, 9.17) is 5.11 Å². The highest BCUT2D eigenvalue weighted by atomic mass is 16.4. The smallest absolute Gasteiger partial charge is 0.315 e. The Labute approximate surface area is 120 Å². The van der Waals surface area contributed by atoms with Gasteiger partial charge >= 0.3 is 12.0 Å². The van der Waals surface area contributed by atoms with Crippen LogP contribution in [0.15, 0.2) is 0 Å². The first-order valence-corrected chi connectivity index (χ1v) is 7.74. The molecule has 3 N–H and O–H groups in total. The number of urea groups is 1. The van der Waals surface area contributed by atoms with E-state index in [0.29, 0.717) is 24.7 Å². The van der Waals surface area contributed by atoms with E-state index in [0.717, 1.165) is 19.3 Å². The van der Waals surface area contributed by atoms with Crippen LogP contribution >= 0.6 is 0 Å². The second-order valence-corrected chi connectivity index (χ2v) is 6.78. The maximum atomic E-state index is 12.0. The molecule has 0 spiro atoms. The van der Waals surface area contributed by atoms with Crippen LogP contribution in [-0.4, -0.2) is 29.2 Å². The fourth-order valence-electron chi connectivity index (χ4n) is 3.81. The number of carboxylic acid groups (broad SMARTS) is 1. The number of rotatable bonds is 3. The van der Waals surface area contributed by atoms with Crippen molar-refractivity contribution in [3.63, 3.8) is 0 Å². The van der Waals surface area contributed by atoms with Crippen molar-refractivity contribution in [1.82, 2.24) is 10.6 Å². The van der Waals surface area contributed by atoms with E-state index in [2.05, 4.69) is 24.5 Å². The highest BCUT2D eigenvalue weighted by molar-refractivity contribution is 5.75. The molecule has 2 aliphatic rings. The Kier molecular flexibility index (Phi) is 4.89. The maximum Gasteiger partial charge on any atom is 0.315 e. The first-order chi connectivity index (χ1) is 9.44. The maximum absolute atomic E-state index is 12.0. The molecule has 0 aromatic heterocycles. The molecule has 5 nitrogen and oxygen atoms in total. The molecule has 0 aromatic rings. The molecule has 2 fully saturated rings. The number of hydrogen-bond acceptors (Lipinski definition) is 2. The largest absolute Gasteiger partial charge is 0.481 e. The zero-order valence-corrected chi connectivity index (χ0v) is 12.4. The van der Waals surface area contributed by atoms with Crippen LogP contribution < -0.4 is 10.6 Å². The monoisotopic (exact) mass is 282 g/mol. The van der Waals surface area contributed by atoms with Crippen molar-refractivity contribution in [2.45, 2.75) is 64.5 Å². The zero-order chi connectivity index (χ0) is 14.7. The SMILES string of the molecule is CC1CC(C)CC(NC(=O)N[C@H]2CC[C@@H](C(=O)O)C2)C1. The molecule has 2 rings (SSSR count). The van der Waals surface area contributed by atoms with E-state index >= 15 is 0 Å². The van der Waals surface area contributed by atoms with Gasteiger partial charge in [0.1, 0.15) is 0 Å². The summed E-state index contributed by atoms with van der Waals surface area (Å²) >= 11 is 0. The van der Waals surface area contributed by atoms with Crippen molar-refractivity contribution >= 4 is 12.0 Å². The van der Waals surface area contributed by atoms with Crippen molar-refractivity contribution in [2.24, 2.45) is 17.8 Å². The van der Waals surface area contributed by atoms with Crippen molar-refractivity contribution in [2.75, 3.05) is 0 Å². The number of aliphatic carboxylic acids is 1. The van der Waals surface area contributed by atoms with Gasteiger partial charge in [-0.05, 0) is 50.4 Å². The van der Waals surface area contributed by atoms with Gasteiger partial charge in [0.15, 0.2) is 0 Å². The summed E-state index contributed by atoms with van der Waals surface area (Å²) in [4.78, 5) is 22.9. The molecule has 5 heteroatoms. The lowest BCUT2D eigenvalue weighted by Gasteiger charge is -2.32. The van der Waals surface area contributed by atoms with Crippen molar-refractivity contribution in [3.05, 3.63) is 0 Å². The third-order valence-corrected chi connectivity index (χ3v) is 4.63. The second kappa shape index (κ2) is 6.46. The molecular weight excluding hydrogens is 256 g/mol. The van der Waals surface area contributed by atoms with Gasteiger partial charge in [0.2, 0.25) is 0 Å². The highest BCUT2D eigenvalue weighted by Crippen LogP contribution is 2.29. The highest BCUT2D eigenvalue weighted by Gasteiger charge is 2.31. The van der Waals surface area contributed by atoms with Gasteiger partial charge in [0.05, 0.1) is 5.92 Å². The summed E-state index contributed by atoms with van der Waals surface area (Å²) in [6.07, 6.45) is 5.31. The average molecular weight is 282 g/mol. The van der Waals surface area contributed by atoms with Crippen LogP contribution in [0, 0.1) is 17.8 Å². The van der Waals surface area contributed by atoms with Gasteiger partial charge in [-0.3, -0.25) is 4.79 Å². The minimum atomic E-state index is -0.746. The third-order valence-electron chi connectivity index (χ3n) is 4.63. The number of hydrogen-bond donors (Lipinski definition) is 3. The summed E-state index contributed by atoms with van der Waals surface area (Å²) in [5.74, 6) is 0.276. The van der Waals surface area contributed by atoms with E-state index in [1.165, 1.54) is 6.42 Å². The number of carbonyl (C=O) groups is 2. The van der Waals surface area contributed by atoms with Crippen LogP contribution in [-0.2, 0) is 4.79 Å². The lowest BCUT2D eigenvalue weighted by Crippen LogP contribution is -2.47. The lowest BCUT2D eigenvalue weighted by atomic mass is 9.80.